The summed E-state index contributed by atoms with van der Waals surface area (Å²) in [4.78, 5) is 0. The highest BCUT2D eigenvalue weighted by molar-refractivity contribution is 5.27. The van der Waals surface area contributed by atoms with E-state index in [4.69, 9.17) is 0 Å². The predicted molar refractivity (Wildman–Crippen MR) is 72.2 cm³/mol. The van der Waals surface area contributed by atoms with E-state index in [-0.39, 0.29) is 0 Å². The number of benzene rings is 1. The van der Waals surface area contributed by atoms with Gasteiger partial charge in [-0.25, -0.2) is 0 Å². The summed E-state index contributed by atoms with van der Waals surface area (Å²) in [6.45, 7) is 1.26. The van der Waals surface area contributed by atoms with E-state index in [0.29, 0.717) is 0 Å². The Bertz CT molecular complexity index is 340. The minimum absolute atomic E-state index is 0.763. The maximum atomic E-state index is 3.77. The molecule has 0 amide bonds. The molecule has 1 heteroatoms. The summed E-state index contributed by atoms with van der Waals surface area (Å²) in [6.07, 6.45) is 8.63. The predicted octanol–water partition coefficient (Wildman–Crippen LogP) is 3.71. The van der Waals surface area contributed by atoms with E-state index in [1.165, 1.54) is 50.6 Å². The third-order valence-corrected chi connectivity index (χ3v) is 4.41. The average Bonchev–Trinajstić information content (AvgIpc) is 3.18. The molecule has 2 saturated carbocycles. The van der Waals surface area contributed by atoms with Gasteiger partial charge in [0.1, 0.15) is 0 Å². The van der Waals surface area contributed by atoms with Crippen LogP contribution >= 0.6 is 0 Å². The Morgan fingerprint density at radius 2 is 1.76 bits per heavy atom. The standard InChI is InChI=1S/C16H23N/c1-3-7-13(8-4-1)12-17-16-11-15(16)14-9-5-2-6-10-14/h2,5-6,9-10,13,15-17H,1,3-4,7-8,11-12H2/t15-,16+/m0/s1. The van der Waals surface area contributed by atoms with Gasteiger partial charge in [-0.15, -0.1) is 0 Å². The monoisotopic (exact) mass is 229 g/mol. The highest BCUT2D eigenvalue weighted by Gasteiger charge is 2.37. The largest absolute Gasteiger partial charge is 0.313 e. The highest BCUT2D eigenvalue weighted by Crippen LogP contribution is 2.40. The van der Waals surface area contributed by atoms with Gasteiger partial charge in [0.25, 0.3) is 0 Å². The lowest BCUT2D eigenvalue weighted by Gasteiger charge is -2.21. The van der Waals surface area contributed by atoms with Crippen LogP contribution < -0.4 is 5.32 Å². The second-order valence-electron chi connectivity index (χ2n) is 5.77. The van der Waals surface area contributed by atoms with Crippen molar-refractivity contribution < 1.29 is 0 Å². The molecule has 0 spiro atoms. The fourth-order valence-corrected chi connectivity index (χ4v) is 3.20. The fraction of sp³-hybridized carbons (Fsp3) is 0.625. The van der Waals surface area contributed by atoms with E-state index < -0.39 is 0 Å². The molecule has 17 heavy (non-hydrogen) atoms. The Labute approximate surface area is 105 Å². The zero-order valence-electron chi connectivity index (χ0n) is 10.6. The third-order valence-electron chi connectivity index (χ3n) is 4.41. The van der Waals surface area contributed by atoms with Crippen LogP contribution in [0.25, 0.3) is 0 Å². The van der Waals surface area contributed by atoms with Crippen LogP contribution in [0.4, 0.5) is 0 Å². The van der Waals surface area contributed by atoms with Crippen molar-refractivity contribution in [2.24, 2.45) is 5.92 Å². The van der Waals surface area contributed by atoms with Crippen molar-refractivity contribution in [3.63, 3.8) is 0 Å². The Hall–Kier alpha value is -0.820. The van der Waals surface area contributed by atoms with Gasteiger partial charge >= 0.3 is 0 Å². The number of nitrogens with one attached hydrogen (secondary N) is 1. The van der Waals surface area contributed by atoms with Crippen LogP contribution in [0.2, 0.25) is 0 Å². The Morgan fingerprint density at radius 1 is 1.00 bits per heavy atom. The van der Waals surface area contributed by atoms with E-state index >= 15 is 0 Å². The van der Waals surface area contributed by atoms with E-state index in [2.05, 4.69) is 35.6 Å². The third kappa shape index (κ3) is 2.90. The summed E-state index contributed by atoms with van der Waals surface area (Å²) in [6, 6.07) is 11.7. The Kier molecular flexibility index (Phi) is 3.46. The van der Waals surface area contributed by atoms with Crippen LogP contribution in [-0.2, 0) is 0 Å². The molecule has 2 aliphatic rings. The van der Waals surface area contributed by atoms with E-state index in [9.17, 15) is 0 Å². The number of hydrogen-bond donors (Lipinski definition) is 1. The van der Waals surface area contributed by atoms with E-state index in [0.717, 1.165) is 17.9 Å². The van der Waals surface area contributed by atoms with Gasteiger partial charge in [0, 0.05) is 12.0 Å². The minimum atomic E-state index is 0.763. The molecular formula is C16H23N. The Morgan fingerprint density at radius 3 is 2.53 bits per heavy atom. The summed E-state index contributed by atoms with van der Waals surface area (Å²) >= 11 is 0. The molecule has 0 saturated heterocycles. The van der Waals surface area contributed by atoms with Crippen LogP contribution in [0.1, 0.15) is 50.0 Å². The fourth-order valence-electron chi connectivity index (χ4n) is 3.20. The average molecular weight is 229 g/mol. The van der Waals surface area contributed by atoms with Crippen molar-refractivity contribution in [2.45, 2.75) is 50.5 Å². The molecule has 0 aromatic heterocycles. The molecule has 0 bridgehead atoms. The quantitative estimate of drug-likeness (QED) is 0.830. The Balaban J connectivity index is 1.43. The topological polar surface area (TPSA) is 12.0 Å². The first kappa shape index (κ1) is 11.3. The molecule has 0 heterocycles. The first-order valence-electron chi connectivity index (χ1n) is 7.22. The van der Waals surface area contributed by atoms with Gasteiger partial charge in [0.05, 0.1) is 0 Å². The smallest absolute Gasteiger partial charge is 0.0143 e. The zero-order valence-corrected chi connectivity index (χ0v) is 10.6. The normalized spacial score (nSPS) is 29.2. The van der Waals surface area contributed by atoms with Crippen LogP contribution in [0, 0.1) is 5.92 Å². The summed E-state index contributed by atoms with van der Waals surface area (Å²) in [5.74, 6) is 1.75. The molecule has 0 aliphatic heterocycles. The number of rotatable bonds is 4. The second-order valence-corrected chi connectivity index (χ2v) is 5.77. The van der Waals surface area contributed by atoms with Crippen LogP contribution in [0.15, 0.2) is 30.3 Å². The lowest BCUT2D eigenvalue weighted by molar-refractivity contribution is 0.341. The lowest BCUT2D eigenvalue weighted by atomic mass is 9.89. The summed E-state index contributed by atoms with van der Waals surface area (Å²) < 4.78 is 0. The molecule has 1 nitrogen and oxygen atoms in total. The molecule has 2 fully saturated rings. The SMILES string of the molecule is c1ccc([C@@H]2C[C@H]2NCC2CCCCC2)cc1. The van der Waals surface area contributed by atoms with Crippen LogP contribution in [-0.4, -0.2) is 12.6 Å². The molecule has 2 atom stereocenters. The van der Waals surface area contributed by atoms with Crippen molar-refractivity contribution in [2.75, 3.05) is 6.54 Å². The van der Waals surface area contributed by atoms with Crippen LogP contribution in [0.5, 0.6) is 0 Å². The zero-order chi connectivity index (χ0) is 11.5. The molecule has 1 aromatic carbocycles. The van der Waals surface area contributed by atoms with Crippen molar-refractivity contribution in [3.05, 3.63) is 35.9 Å². The van der Waals surface area contributed by atoms with Gasteiger partial charge in [0.15, 0.2) is 0 Å². The van der Waals surface area contributed by atoms with Gasteiger partial charge in [-0.1, -0.05) is 49.6 Å². The molecule has 3 rings (SSSR count). The lowest BCUT2D eigenvalue weighted by Crippen LogP contribution is -2.27. The summed E-state index contributed by atoms with van der Waals surface area (Å²) in [5, 5.41) is 3.77. The van der Waals surface area contributed by atoms with Gasteiger partial charge in [-0.3, -0.25) is 0 Å². The van der Waals surface area contributed by atoms with Crippen molar-refractivity contribution in [1.29, 1.82) is 0 Å². The van der Waals surface area contributed by atoms with Crippen LogP contribution in [0.3, 0.4) is 0 Å². The molecule has 0 unspecified atom stereocenters. The molecule has 92 valence electrons. The van der Waals surface area contributed by atoms with Gasteiger partial charge in [-0.05, 0) is 37.3 Å². The first-order valence-corrected chi connectivity index (χ1v) is 7.22. The summed E-state index contributed by atoms with van der Waals surface area (Å²) in [5.41, 5.74) is 1.52. The first-order chi connectivity index (χ1) is 8.43. The molecule has 1 N–H and O–H groups in total. The maximum absolute atomic E-state index is 3.77. The molecule has 1 aromatic rings. The van der Waals surface area contributed by atoms with Gasteiger partial charge in [0.2, 0.25) is 0 Å². The highest BCUT2D eigenvalue weighted by atomic mass is 15.0. The summed E-state index contributed by atoms with van der Waals surface area (Å²) in [7, 11) is 0. The van der Waals surface area contributed by atoms with Gasteiger partial charge < -0.3 is 5.32 Å². The number of hydrogen-bond acceptors (Lipinski definition) is 1. The van der Waals surface area contributed by atoms with Gasteiger partial charge in [-0.2, -0.15) is 0 Å². The molecule has 2 aliphatic carbocycles. The van der Waals surface area contributed by atoms with E-state index in [1.54, 1.807) is 0 Å². The molecular weight excluding hydrogens is 206 g/mol. The van der Waals surface area contributed by atoms with Crippen molar-refractivity contribution in [1.82, 2.24) is 5.32 Å². The minimum Gasteiger partial charge on any atom is -0.313 e. The van der Waals surface area contributed by atoms with E-state index in [1.807, 2.05) is 0 Å². The van der Waals surface area contributed by atoms with Crippen molar-refractivity contribution >= 4 is 0 Å². The second kappa shape index (κ2) is 5.22. The molecule has 0 radical (unpaired) electrons. The maximum Gasteiger partial charge on any atom is 0.0143 e. The van der Waals surface area contributed by atoms with Crippen molar-refractivity contribution in [3.8, 4) is 0 Å².